The maximum atomic E-state index is 11.7. The zero-order valence-electron chi connectivity index (χ0n) is 8.52. The van der Waals surface area contributed by atoms with E-state index in [1.54, 1.807) is 0 Å². The molecule has 2 nitrogen and oxygen atoms in total. The third-order valence-corrected chi connectivity index (χ3v) is 2.17. The molecule has 88 valence electrons. The van der Waals surface area contributed by atoms with Crippen molar-refractivity contribution < 1.29 is 17.9 Å². The van der Waals surface area contributed by atoms with E-state index in [0.29, 0.717) is 19.0 Å². The number of hydrogen-bond donors (Lipinski definition) is 1. The largest absolute Gasteiger partial charge is 0.411 e. The summed E-state index contributed by atoms with van der Waals surface area (Å²) >= 11 is 0. The van der Waals surface area contributed by atoms with E-state index in [-0.39, 0.29) is 6.61 Å². The number of nitrogens with one attached hydrogen (secondary N) is 1. The second kappa shape index (κ2) is 6.12. The van der Waals surface area contributed by atoms with Gasteiger partial charge in [0.1, 0.15) is 6.61 Å². The summed E-state index contributed by atoms with van der Waals surface area (Å²) in [6.45, 7) is -0.269. The van der Waals surface area contributed by atoms with E-state index in [0.717, 1.165) is 12.8 Å². The van der Waals surface area contributed by atoms with Gasteiger partial charge in [-0.25, -0.2) is 0 Å². The lowest BCUT2D eigenvalue weighted by Crippen LogP contribution is -2.28. The fourth-order valence-corrected chi connectivity index (χ4v) is 1.45. The minimum atomic E-state index is -4.21. The Bertz CT molecular complexity index is 195. The molecule has 0 radical (unpaired) electrons. The van der Waals surface area contributed by atoms with Crippen LogP contribution in [0.15, 0.2) is 12.2 Å². The summed E-state index contributed by atoms with van der Waals surface area (Å²) in [4.78, 5) is 0. The molecule has 0 aromatic rings. The van der Waals surface area contributed by atoms with Crippen molar-refractivity contribution in [3.8, 4) is 0 Å². The molecule has 0 fully saturated rings. The van der Waals surface area contributed by atoms with Crippen LogP contribution in [0.25, 0.3) is 0 Å². The summed E-state index contributed by atoms with van der Waals surface area (Å²) in [6, 6.07) is 0.465. The predicted octanol–water partition coefficient (Wildman–Crippen LogP) is 2.26. The van der Waals surface area contributed by atoms with Crippen molar-refractivity contribution in [2.45, 2.75) is 31.5 Å². The summed E-state index contributed by atoms with van der Waals surface area (Å²) in [7, 11) is 0. The first-order valence-corrected chi connectivity index (χ1v) is 5.11. The molecule has 0 heterocycles. The smallest absolute Gasteiger partial charge is 0.372 e. The molecule has 0 amide bonds. The molecular formula is C10H16F3NO. The Kier molecular flexibility index (Phi) is 5.11. The van der Waals surface area contributed by atoms with Crippen molar-refractivity contribution in [2.75, 3.05) is 19.8 Å². The van der Waals surface area contributed by atoms with Crippen LogP contribution in [0, 0.1) is 0 Å². The van der Waals surface area contributed by atoms with E-state index in [4.69, 9.17) is 0 Å². The van der Waals surface area contributed by atoms with Gasteiger partial charge in [0.15, 0.2) is 0 Å². The average Bonchev–Trinajstić information content (AvgIpc) is 2.61. The van der Waals surface area contributed by atoms with Crippen LogP contribution in [-0.4, -0.2) is 32.0 Å². The van der Waals surface area contributed by atoms with Gasteiger partial charge in [0.2, 0.25) is 0 Å². The lowest BCUT2D eigenvalue weighted by atomic mass is 10.2. The van der Waals surface area contributed by atoms with E-state index in [9.17, 15) is 13.2 Å². The molecule has 0 saturated heterocycles. The zero-order valence-corrected chi connectivity index (χ0v) is 8.52. The first-order chi connectivity index (χ1) is 7.08. The van der Waals surface area contributed by atoms with E-state index < -0.39 is 12.8 Å². The summed E-state index contributed by atoms with van der Waals surface area (Å²) in [5.74, 6) is 0. The van der Waals surface area contributed by atoms with Crippen LogP contribution < -0.4 is 5.32 Å². The quantitative estimate of drug-likeness (QED) is 0.551. The summed E-state index contributed by atoms with van der Waals surface area (Å²) in [5.41, 5.74) is 0. The molecule has 0 saturated carbocycles. The molecule has 0 bridgehead atoms. The van der Waals surface area contributed by atoms with Crippen molar-refractivity contribution in [2.24, 2.45) is 0 Å². The minimum absolute atomic E-state index is 0.159. The lowest BCUT2D eigenvalue weighted by Gasteiger charge is -2.12. The van der Waals surface area contributed by atoms with Crippen LogP contribution in [0.5, 0.6) is 0 Å². The average molecular weight is 223 g/mol. The van der Waals surface area contributed by atoms with Crippen molar-refractivity contribution in [3.05, 3.63) is 12.2 Å². The van der Waals surface area contributed by atoms with Crippen molar-refractivity contribution in [3.63, 3.8) is 0 Å². The molecular weight excluding hydrogens is 207 g/mol. The third kappa shape index (κ3) is 6.52. The number of halogens is 3. The Labute approximate surface area is 87.5 Å². The maximum absolute atomic E-state index is 11.7. The van der Waals surface area contributed by atoms with Crippen LogP contribution in [0.2, 0.25) is 0 Å². The molecule has 5 heteroatoms. The molecule has 0 atom stereocenters. The highest BCUT2D eigenvalue weighted by Gasteiger charge is 2.27. The van der Waals surface area contributed by atoms with Gasteiger partial charge in [-0.3, -0.25) is 0 Å². The number of ether oxygens (including phenoxy) is 1. The highest BCUT2D eigenvalue weighted by molar-refractivity contribution is 4.97. The predicted molar refractivity (Wildman–Crippen MR) is 51.7 cm³/mol. The number of rotatable bonds is 6. The SMILES string of the molecule is FC(F)(F)COCCCNC1CC=CC1. The Morgan fingerprint density at radius 1 is 1.27 bits per heavy atom. The topological polar surface area (TPSA) is 21.3 Å². The van der Waals surface area contributed by atoms with Crippen LogP contribution in [0.3, 0.4) is 0 Å². The molecule has 0 aromatic heterocycles. The van der Waals surface area contributed by atoms with E-state index >= 15 is 0 Å². The molecule has 0 aromatic carbocycles. The maximum Gasteiger partial charge on any atom is 0.411 e. The van der Waals surface area contributed by atoms with E-state index in [2.05, 4.69) is 22.2 Å². The molecule has 1 rings (SSSR count). The number of hydrogen-bond acceptors (Lipinski definition) is 2. The van der Waals surface area contributed by atoms with Gasteiger partial charge in [0, 0.05) is 12.6 Å². The monoisotopic (exact) mass is 223 g/mol. The first-order valence-electron chi connectivity index (χ1n) is 5.11. The van der Waals surface area contributed by atoms with Gasteiger partial charge < -0.3 is 10.1 Å². The van der Waals surface area contributed by atoms with Gasteiger partial charge >= 0.3 is 6.18 Å². The second-order valence-electron chi connectivity index (χ2n) is 3.62. The minimum Gasteiger partial charge on any atom is -0.372 e. The molecule has 1 aliphatic carbocycles. The Morgan fingerprint density at radius 3 is 2.53 bits per heavy atom. The standard InChI is InChI=1S/C10H16F3NO/c11-10(12,13)8-15-7-3-6-14-9-4-1-2-5-9/h1-2,9,14H,3-8H2. The van der Waals surface area contributed by atoms with Crippen molar-refractivity contribution in [1.29, 1.82) is 0 Å². The van der Waals surface area contributed by atoms with Gasteiger partial charge in [0.25, 0.3) is 0 Å². The fourth-order valence-electron chi connectivity index (χ4n) is 1.45. The third-order valence-electron chi connectivity index (χ3n) is 2.17. The molecule has 0 spiro atoms. The highest BCUT2D eigenvalue weighted by Crippen LogP contribution is 2.14. The first kappa shape index (κ1) is 12.5. The van der Waals surface area contributed by atoms with Gasteiger partial charge in [-0.15, -0.1) is 0 Å². The highest BCUT2D eigenvalue weighted by atomic mass is 19.4. The van der Waals surface area contributed by atoms with Gasteiger partial charge in [0.05, 0.1) is 0 Å². The molecule has 0 unspecified atom stereocenters. The van der Waals surface area contributed by atoms with Crippen LogP contribution in [0.1, 0.15) is 19.3 Å². The van der Waals surface area contributed by atoms with Crippen LogP contribution in [0.4, 0.5) is 13.2 Å². The summed E-state index contributed by atoms with van der Waals surface area (Å²) in [5, 5.41) is 3.26. The van der Waals surface area contributed by atoms with Gasteiger partial charge in [-0.2, -0.15) is 13.2 Å². The Morgan fingerprint density at radius 2 is 1.93 bits per heavy atom. The summed E-state index contributed by atoms with van der Waals surface area (Å²) in [6.07, 6.45) is 2.66. The van der Waals surface area contributed by atoms with Crippen LogP contribution in [-0.2, 0) is 4.74 Å². The van der Waals surface area contributed by atoms with Gasteiger partial charge in [-0.1, -0.05) is 12.2 Å². The molecule has 1 aliphatic rings. The lowest BCUT2D eigenvalue weighted by molar-refractivity contribution is -0.173. The molecule has 1 N–H and O–H groups in total. The second-order valence-corrected chi connectivity index (χ2v) is 3.62. The van der Waals surface area contributed by atoms with E-state index in [1.165, 1.54) is 0 Å². The fraction of sp³-hybridized carbons (Fsp3) is 0.800. The zero-order chi connectivity index (χ0) is 11.1. The van der Waals surface area contributed by atoms with Crippen molar-refractivity contribution in [1.82, 2.24) is 5.32 Å². The Balaban J connectivity index is 1.85. The van der Waals surface area contributed by atoms with Crippen molar-refractivity contribution >= 4 is 0 Å². The molecule has 15 heavy (non-hydrogen) atoms. The number of alkyl halides is 3. The molecule has 0 aliphatic heterocycles. The van der Waals surface area contributed by atoms with Crippen LogP contribution >= 0.6 is 0 Å². The summed E-state index contributed by atoms with van der Waals surface area (Å²) < 4.78 is 39.5. The van der Waals surface area contributed by atoms with Gasteiger partial charge in [-0.05, 0) is 25.8 Å². The Hall–Kier alpha value is -0.550. The van der Waals surface area contributed by atoms with E-state index in [1.807, 2.05) is 0 Å². The normalized spacial score (nSPS) is 17.5.